The first-order valence-corrected chi connectivity index (χ1v) is 11.6. The molecule has 1 atom stereocenters. The lowest BCUT2D eigenvalue weighted by molar-refractivity contribution is -0.118. The molecule has 2 amide bonds. The molecule has 2 aromatic carbocycles. The molecule has 0 bridgehead atoms. The van der Waals surface area contributed by atoms with Crippen molar-refractivity contribution in [2.45, 2.75) is 25.3 Å². The van der Waals surface area contributed by atoms with Gasteiger partial charge in [0.2, 0.25) is 6.41 Å². The topological polar surface area (TPSA) is 98.1 Å². The molecule has 0 unspecified atom stereocenters. The van der Waals surface area contributed by atoms with Gasteiger partial charge in [0, 0.05) is 31.2 Å². The lowest BCUT2D eigenvalue weighted by Crippen LogP contribution is -2.39. The molecule has 1 fully saturated rings. The zero-order valence-electron chi connectivity index (χ0n) is 19.2. The minimum atomic E-state index is -0.302. The molecule has 1 aliphatic rings. The predicted octanol–water partition coefficient (Wildman–Crippen LogP) is 3.76. The summed E-state index contributed by atoms with van der Waals surface area (Å²) in [6.07, 6.45) is 3.13. The summed E-state index contributed by atoms with van der Waals surface area (Å²) in [6.45, 7) is 1.49. The molecule has 0 aliphatic carbocycles. The van der Waals surface area contributed by atoms with E-state index in [-0.39, 0.29) is 17.8 Å². The monoisotopic (exact) mass is 471 g/mol. The Labute approximate surface area is 203 Å². The Bertz CT molecular complexity index is 1260. The van der Waals surface area contributed by atoms with Gasteiger partial charge in [0.25, 0.3) is 5.91 Å². The third kappa shape index (κ3) is 5.82. The Morgan fingerprint density at radius 3 is 2.86 bits per heavy atom. The van der Waals surface area contributed by atoms with Crippen LogP contribution < -0.4 is 10.6 Å². The first-order chi connectivity index (χ1) is 17.1. The first kappa shape index (κ1) is 23.9. The predicted molar refractivity (Wildman–Crippen MR) is 131 cm³/mol. The Balaban J connectivity index is 1.55. The number of rotatable bonds is 9. The number of halogens is 1. The number of pyridine rings is 1. The van der Waals surface area contributed by atoms with Crippen molar-refractivity contribution in [3.05, 3.63) is 83.2 Å². The molecule has 178 valence electrons. The molecule has 2 N–H and O–H groups in total. The highest BCUT2D eigenvalue weighted by molar-refractivity contribution is 5.99. The third-order valence-electron chi connectivity index (χ3n) is 6.11. The van der Waals surface area contributed by atoms with Crippen molar-refractivity contribution < 1.29 is 14.0 Å². The summed E-state index contributed by atoms with van der Waals surface area (Å²) in [5.74, 6) is -0.224. The van der Waals surface area contributed by atoms with Gasteiger partial charge >= 0.3 is 0 Å². The van der Waals surface area contributed by atoms with Crippen molar-refractivity contribution in [1.29, 1.82) is 5.26 Å². The van der Waals surface area contributed by atoms with E-state index < -0.39 is 0 Å². The van der Waals surface area contributed by atoms with E-state index in [0.29, 0.717) is 54.3 Å². The fourth-order valence-corrected chi connectivity index (χ4v) is 4.27. The van der Waals surface area contributed by atoms with Crippen molar-refractivity contribution >= 4 is 18.1 Å². The maximum atomic E-state index is 13.5. The average molecular weight is 472 g/mol. The smallest absolute Gasteiger partial charge is 0.255 e. The summed E-state index contributed by atoms with van der Waals surface area (Å²) >= 11 is 0. The van der Waals surface area contributed by atoms with Crippen LogP contribution in [-0.4, -0.2) is 47.9 Å². The van der Waals surface area contributed by atoms with Gasteiger partial charge in [-0.05, 0) is 55.2 Å². The van der Waals surface area contributed by atoms with Crippen LogP contribution in [-0.2, 0) is 11.2 Å². The van der Waals surface area contributed by atoms with Gasteiger partial charge in [0.05, 0.1) is 22.9 Å². The molecule has 2 heterocycles. The van der Waals surface area contributed by atoms with Crippen molar-refractivity contribution in [2.24, 2.45) is 0 Å². The van der Waals surface area contributed by atoms with Crippen LogP contribution in [0.2, 0.25) is 0 Å². The molecule has 1 aliphatic heterocycles. The van der Waals surface area contributed by atoms with Crippen LogP contribution in [0.4, 0.5) is 10.2 Å². The number of nitrogens with one attached hydrogen (secondary N) is 2. The number of nitrogens with zero attached hydrogens (tertiary/aromatic N) is 3. The highest BCUT2D eigenvalue weighted by Crippen LogP contribution is 2.25. The molecule has 0 radical (unpaired) electrons. The number of carbonyl (C=O) groups is 2. The van der Waals surface area contributed by atoms with Gasteiger partial charge in [-0.2, -0.15) is 5.26 Å². The van der Waals surface area contributed by atoms with E-state index in [9.17, 15) is 19.2 Å². The van der Waals surface area contributed by atoms with Crippen molar-refractivity contribution in [2.75, 3.05) is 25.0 Å². The number of anilines is 1. The minimum absolute atomic E-state index is 0.0180. The first-order valence-electron chi connectivity index (χ1n) is 11.6. The summed E-state index contributed by atoms with van der Waals surface area (Å²) in [5, 5.41) is 15.6. The fraction of sp³-hybridized carbons (Fsp3) is 0.259. The number of nitriles is 1. The van der Waals surface area contributed by atoms with Crippen molar-refractivity contribution in [1.82, 2.24) is 15.2 Å². The number of amides is 2. The van der Waals surface area contributed by atoms with Crippen LogP contribution in [0.1, 0.15) is 34.3 Å². The Kier molecular flexibility index (Phi) is 7.68. The van der Waals surface area contributed by atoms with Gasteiger partial charge in [0.15, 0.2) is 0 Å². The SMILES string of the molecule is N#Cc1ccccc1-c1ccc(C(=O)NC[C@H]2CCCN2C=O)c(NCCc2cccc(F)c2)n1. The molecule has 35 heavy (non-hydrogen) atoms. The van der Waals surface area contributed by atoms with Crippen molar-refractivity contribution in [3.8, 4) is 17.3 Å². The van der Waals surface area contributed by atoms with Gasteiger partial charge in [-0.25, -0.2) is 9.37 Å². The third-order valence-corrected chi connectivity index (χ3v) is 6.11. The molecule has 7 nitrogen and oxygen atoms in total. The number of hydrogen-bond acceptors (Lipinski definition) is 5. The normalized spacial score (nSPS) is 14.9. The second kappa shape index (κ2) is 11.3. The maximum Gasteiger partial charge on any atom is 0.255 e. The van der Waals surface area contributed by atoms with Gasteiger partial charge < -0.3 is 15.5 Å². The van der Waals surface area contributed by atoms with Crippen LogP contribution in [0.15, 0.2) is 60.7 Å². The Hall–Kier alpha value is -4.25. The van der Waals surface area contributed by atoms with Crippen LogP contribution in [0.3, 0.4) is 0 Å². The molecule has 8 heteroatoms. The van der Waals surface area contributed by atoms with Gasteiger partial charge in [0.1, 0.15) is 11.6 Å². The van der Waals surface area contributed by atoms with E-state index in [0.717, 1.165) is 24.8 Å². The van der Waals surface area contributed by atoms with Crippen LogP contribution in [0.25, 0.3) is 11.3 Å². The largest absolute Gasteiger partial charge is 0.369 e. The van der Waals surface area contributed by atoms with E-state index in [4.69, 9.17) is 0 Å². The molecule has 3 aromatic rings. The number of aromatic nitrogens is 1. The lowest BCUT2D eigenvalue weighted by Gasteiger charge is -2.20. The second-order valence-electron chi connectivity index (χ2n) is 8.41. The summed E-state index contributed by atoms with van der Waals surface area (Å²) in [6, 6.07) is 19.1. The van der Waals surface area contributed by atoms with Crippen LogP contribution in [0, 0.1) is 17.1 Å². The van der Waals surface area contributed by atoms with Gasteiger partial charge in [-0.15, -0.1) is 0 Å². The van der Waals surface area contributed by atoms with E-state index in [2.05, 4.69) is 21.7 Å². The van der Waals surface area contributed by atoms with Gasteiger partial charge in [-0.1, -0.05) is 30.3 Å². The van der Waals surface area contributed by atoms with Gasteiger partial charge in [-0.3, -0.25) is 9.59 Å². The highest BCUT2D eigenvalue weighted by atomic mass is 19.1. The number of likely N-dealkylation sites (tertiary alicyclic amines) is 1. The maximum absolute atomic E-state index is 13.5. The quantitative estimate of drug-likeness (QED) is 0.463. The van der Waals surface area contributed by atoms with Crippen LogP contribution >= 0.6 is 0 Å². The van der Waals surface area contributed by atoms with E-state index in [1.807, 2.05) is 18.2 Å². The second-order valence-corrected chi connectivity index (χ2v) is 8.41. The van der Waals surface area contributed by atoms with E-state index in [1.54, 1.807) is 35.2 Å². The average Bonchev–Trinajstić information content (AvgIpc) is 3.35. The molecule has 1 aromatic heterocycles. The highest BCUT2D eigenvalue weighted by Gasteiger charge is 2.24. The number of carbonyl (C=O) groups excluding carboxylic acids is 2. The zero-order valence-corrected chi connectivity index (χ0v) is 19.2. The summed E-state index contributed by atoms with van der Waals surface area (Å²) in [4.78, 5) is 30.7. The lowest BCUT2D eigenvalue weighted by atomic mass is 10.0. The standard InChI is InChI=1S/C27H26FN5O2/c28-21-7-3-5-19(15-21)12-13-30-26-24(27(35)31-17-22-8-4-14-33(22)18-34)10-11-25(32-26)23-9-2-1-6-20(23)16-29/h1-3,5-7,9-11,15,18,22H,4,8,12-14,17H2,(H,30,32)(H,31,35)/t22-/m1/s1. The number of hydrogen-bond donors (Lipinski definition) is 2. The molecule has 4 rings (SSSR count). The van der Waals surface area contributed by atoms with E-state index >= 15 is 0 Å². The van der Waals surface area contributed by atoms with Crippen LogP contribution in [0.5, 0.6) is 0 Å². The fourth-order valence-electron chi connectivity index (χ4n) is 4.27. The molecule has 1 saturated heterocycles. The zero-order chi connectivity index (χ0) is 24.6. The Morgan fingerprint density at radius 2 is 2.06 bits per heavy atom. The Morgan fingerprint density at radius 1 is 1.20 bits per heavy atom. The number of benzene rings is 2. The minimum Gasteiger partial charge on any atom is -0.369 e. The summed E-state index contributed by atoms with van der Waals surface area (Å²) in [7, 11) is 0. The molecular weight excluding hydrogens is 445 g/mol. The summed E-state index contributed by atoms with van der Waals surface area (Å²) < 4.78 is 13.5. The van der Waals surface area contributed by atoms with Crippen molar-refractivity contribution in [3.63, 3.8) is 0 Å². The molecular formula is C27H26FN5O2. The van der Waals surface area contributed by atoms with E-state index in [1.165, 1.54) is 12.1 Å². The molecule has 0 saturated carbocycles. The summed E-state index contributed by atoms with van der Waals surface area (Å²) in [5.41, 5.74) is 2.90. The molecule has 0 spiro atoms.